The van der Waals surface area contributed by atoms with Crippen LogP contribution in [0.4, 0.5) is 4.39 Å². The standard InChI is InChI=1S/C16H20FN/c1-10(2)16(11(3)4)14-8-6-12-5-7-13(17)9-15(12)18-14/h5-11,16H,1-4H3. The summed E-state index contributed by atoms with van der Waals surface area (Å²) in [5.74, 6) is 1.25. The average Bonchev–Trinajstić information content (AvgIpc) is 2.27. The van der Waals surface area contributed by atoms with Gasteiger partial charge < -0.3 is 0 Å². The molecule has 1 aromatic carbocycles. The van der Waals surface area contributed by atoms with Crippen molar-refractivity contribution in [2.24, 2.45) is 11.8 Å². The van der Waals surface area contributed by atoms with E-state index in [4.69, 9.17) is 0 Å². The molecule has 0 saturated heterocycles. The van der Waals surface area contributed by atoms with E-state index in [1.807, 2.05) is 6.07 Å². The molecular formula is C16H20FN. The van der Waals surface area contributed by atoms with E-state index >= 15 is 0 Å². The van der Waals surface area contributed by atoms with Crippen LogP contribution in [0.2, 0.25) is 0 Å². The molecule has 0 aliphatic carbocycles. The molecule has 2 heteroatoms. The van der Waals surface area contributed by atoms with Gasteiger partial charge in [0.05, 0.1) is 5.52 Å². The SMILES string of the molecule is CC(C)C(c1ccc2ccc(F)cc2n1)C(C)C. The molecule has 0 radical (unpaired) electrons. The zero-order chi connectivity index (χ0) is 13.3. The largest absolute Gasteiger partial charge is 0.252 e. The predicted octanol–water partition coefficient (Wildman–Crippen LogP) is 4.77. The monoisotopic (exact) mass is 245 g/mol. The highest BCUT2D eigenvalue weighted by Gasteiger charge is 2.21. The van der Waals surface area contributed by atoms with Crippen LogP contribution in [0.3, 0.4) is 0 Å². The van der Waals surface area contributed by atoms with Gasteiger partial charge in [0, 0.05) is 23.1 Å². The summed E-state index contributed by atoms with van der Waals surface area (Å²) in [6.07, 6.45) is 0. The summed E-state index contributed by atoms with van der Waals surface area (Å²) < 4.78 is 13.2. The highest BCUT2D eigenvalue weighted by molar-refractivity contribution is 5.78. The van der Waals surface area contributed by atoms with Crippen LogP contribution in [0.25, 0.3) is 10.9 Å². The maximum atomic E-state index is 13.2. The zero-order valence-electron chi connectivity index (χ0n) is 11.4. The number of hydrogen-bond donors (Lipinski definition) is 0. The van der Waals surface area contributed by atoms with Gasteiger partial charge in [-0.05, 0) is 30.0 Å². The first kappa shape index (κ1) is 13.0. The number of pyridine rings is 1. The Bertz CT molecular complexity index is 538. The smallest absolute Gasteiger partial charge is 0.125 e. The summed E-state index contributed by atoms with van der Waals surface area (Å²) >= 11 is 0. The van der Waals surface area contributed by atoms with Crippen LogP contribution in [0.5, 0.6) is 0 Å². The van der Waals surface area contributed by atoms with E-state index in [1.165, 1.54) is 12.1 Å². The molecular weight excluding hydrogens is 225 g/mol. The molecule has 1 aromatic heterocycles. The number of benzene rings is 1. The van der Waals surface area contributed by atoms with Gasteiger partial charge >= 0.3 is 0 Å². The highest BCUT2D eigenvalue weighted by Crippen LogP contribution is 2.31. The minimum atomic E-state index is -0.224. The van der Waals surface area contributed by atoms with Gasteiger partial charge in [-0.1, -0.05) is 33.8 Å². The van der Waals surface area contributed by atoms with Crippen molar-refractivity contribution >= 4 is 10.9 Å². The molecule has 1 nitrogen and oxygen atoms in total. The van der Waals surface area contributed by atoms with Gasteiger partial charge in [-0.25, -0.2) is 4.39 Å². The Labute approximate surface area is 108 Å². The van der Waals surface area contributed by atoms with Crippen LogP contribution in [-0.4, -0.2) is 4.98 Å². The molecule has 0 aliphatic heterocycles. The number of nitrogens with zero attached hydrogens (tertiary/aromatic N) is 1. The summed E-state index contributed by atoms with van der Waals surface area (Å²) in [5, 5.41) is 0.992. The van der Waals surface area contributed by atoms with E-state index in [9.17, 15) is 4.39 Å². The lowest BCUT2D eigenvalue weighted by Gasteiger charge is -2.24. The number of halogens is 1. The van der Waals surface area contributed by atoms with Crippen LogP contribution in [0.1, 0.15) is 39.3 Å². The second kappa shape index (κ2) is 5.05. The maximum Gasteiger partial charge on any atom is 0.125 e. The van der Waals surface area contributed by atoms with Gasteiger partial charge in [0.2, 0.25) is 0 Å². The third-order valence-corrected chi connectivity index (χ3v) is 3.45. The summed E-state index contributed by atoms with van der Waals surface area (Å²) in [4.78, 5) is 4.64. The summed E-state index contributed by atoms with van der Waals surface area (Å²) in [6.45, 7) is 8.84. The second-order valence-electron chi connectivity index (χ2n) is 5.59. The number of fused-ring (bicyclic) bond motifs is 1. The van der Waals surface area contributed by atoms with E-state index in [1.54, 1.807) is 6.07 Å². The van der Waals surface area contributed by atoms with Gasteiger partial charge in [-0.15, -0.1) is 0 Å². The molecule has 96 valence electrons. The Morgan fingerprint density at radius 2 is 1.56 bits per heavy atom. The van der Waals surface area contributed by atoms with Gasteiger partial charge in [-0.2, -0.15) is 0 Å². The number of hydrogen-bond acceptors (Lipinski definition) is 1. The van der Waals surface area contributed by atoms with Crippen molar-refractivity contribution in [1.29, 1.82) is 0 Å². The van der Waals surface area contributed by atoms with Crippen molar-refractivity contribution < 1.29 is 4.39 Å². The lowest BCUT2D eigenvalue weighted by atomic mass is 9.82. The van der Waals surface area contributed by atoms with E-state index < -0.39 is 0 Å². The van der Waals surface area contributed by atoms with E-state index in [0.29, 0.717) is 17.8 Å². The molecule has 0 amide bonds. The Balaban J connectivity index is 2.51. The minimum absolute atomic E-state index is 0.224. The molecule has 18 heavy (non-hydrogen) atoms. The first-order valence-corrected chi connectivity index (χ1v) is 6.55. The van der Waals surface area contributed by atoms with E-state index in [-0.39, 0.29) is 5.82 Å². The molecule has 2 rings (SSSR count). The Kier molecular flexibility index (Phi) is 3.65. The van der Waals surface area contributed by atoms with Crippen LogP contribution in [-0.2, 0) is 0 Å². The maximum absolute atomic E-state index is 13.2. The van der Waals surface area contributed by atoms with E-state index in [2.05, 4.69) is 38.7 Å². The van der Waals surface area contributed by atoms with Crippen LogP contribution in [0.15, 0.2) is 30.3 Å². The normalized spacial score (nSPS) is 12.0. The summed E-state index contributed by atoms with van der Waals surface area (Å²) in [5.41, 5.74) is 1.82. The van der Waals surface area contributed by atoms with Gasteiger partial charge in [0.15, 0.2) is 0 Å². The lowest BCUT2D eigenvalue weighted by molar-refractivity contribution is 0.381. The molecule has 0 bridgehead atoms. The molecule has 0 N–H and O–H groups in total. The fraction of sp³-hybridized carbons (Fsp3) is 0.438. The highest BCUT2D eigenvalue weighted by atomic mass is 19.1. The van der Waals surface area contributed by atoms with Crippen molar-refractivity contribution in [3.8, 4) is 0 Å². The zero-order valence-corrected chi connectivity index (χ0v) is 11.4. The van der Waals surface area contributed by atoms with Crippen molar-refractivity contribution in [3.63, 3.8) is 0 Å². The van der Waals surface area contributed by atoms with Gasteiger partial charge in [0.25, 0.3) is 0 Å². The Morgan fingerprint density at radius 1 is 0.944 bits per heavy atom. The predicted molar refractivity (Wildman–Crippen MR) is 74.1 cm³/mol. The third-order valence-electron chi connectivity index (χ3n) is 3.45. The Morgan fingerprint density at radius 3 is 2.17 bits per heavy atom. The van der Waals surface area contributed by atoms with Crippen molar-refractivity contribution in [2.75, 3.05) is 0 Å². The van der Waals surface area contributed by atoms with Crippen molar-refractivity contribution in [3.05, 3.63) is 41.8 Å². The molecule has 0 aliphatic rings. The van der Waals surface area contributed by atoms with Gasteiger partial charge in [0.1, 0.15) is 5.82 Å². The lowest BCUT2D eigenvalue weighted by Crippen LogP contribution is -2.14. The second-order valence-corrected chi connectivity index (χ2v) is 5.59. The third kappa shape index (κ3) is 2.53. The number of aromatic nitrogens is 1. The first-order valence-electron chi connectivity index (χ1n) is 6.55. The molecule has 2 aromatic rings. The fourth-order valence-corrected chi connectivity index (χ4v) is 2.74. The average molecular weight is 245 g/mol. The molecule has 1 heterocycles. The summed E-state index contributed by atoms with van der Waals surface area (Å²) in [7, 11) is 0. The molecule has 0 spiro atoms. The van der Waals surface area contributed by atoms with Crippen LogP contribution in [0, 0.1) is 17.7 Å². The van der Waals surface area contributed by atoms with Gasteiger partial charge in [-0.3, -0.25) is 4.98 Å². The van der Waals surface area contributed by atoms with E-state index in [0.717, 1.165) is 16.6 Å². The van der Waals surface area contributed by atoms with Crippen molar-refractivity contribution in [1.82, 2.24) is 4.98 Å². The van der Waals surface area contributed by atoms with Crippen molar-refractivity contribution in [2.45, 2.75) is 33.6 Å². The fourth-order valence-electron chi connectivity index (χ4n) is 2.74. The molecule has 0 fully saturated rings. The number of rotatable bonds is 3. The first-order chi connectivity index (χ1) is 8.49. The molecule has 0 saturated carbocycles. The molecule has 0 atom stereocenters. The summed E-state index contributed by atoms with van der Waals surface area (Å²) in [6, 6.07) is 8.88. The molecule has 0 unspecified atom stereocenters. The quantitative estimate of drug-likeness (QED) is 0.759. The van der Waals surface area contributed by atoms with Crippen LogP contribution >= 0.6 is 0 Å². The minimum Gasteiger partial charge on any atom is -0.252 e. The Hall–Kier alpha value is -1.44. The topological polar surface area (TPSA) is 12.9 Å². The van der Waals surface area contributed by atoms with Crippen LogP contribution < -0.4 is 0 Å².